The second kappa shape index (κ2) is 8.59. The van der Waals surface area contributed by atoms with Gasteiger partial charge in [-0.05, 0) is 32.4 Å². The molecule has 2 aromatic heterocycles. The van der Waals surface area contributed by atoms with Crippen molar-refractivity contribution in [1.29, 1.82) is 0 Å². The minimum Gasteiger partial charge on any atom is -0.385 e. The molecule has 0 radical (unpaired) electrons. The average Bonchev–Trinajstić information content (AvgIpc) is 3.17. The third-order valence-corrected chi connectivity index (χ3v) is 4.83. The first kappa shape index (κ1) is 19.5. The molecule has 0 atom stereocenters. The first-order chi connectivity index (χ1) is 13.1. The Balaban J connectivity index is 2.10. The fourth-order valence-corrected chi connectivity index (χ4v) is 3.68. The molecule has 0 fully saturated rings. The minimum absolute atomic E-state index is 0.0576. The monoisotopic (exact) mass is 371 g/mol. The molecule has 1 amide bonds. The Hall–Kier alpha value is -2.31. The molecule has 0 unspecified atom stereocenters. The van der Waals surface area contributed by atoms with E-state index in [0.717, 1.165) is 22.8 Å². The van der Waals surface area contributed by atoms with E-state index >= 15 is 0 Å². The quantitative estimate of drug-likeness (QED) is 0.585. The highest BCUT2D eigenvalue weighted by Crippen LogP contribution is 2.34. The Bertz CT molecular complexity index is 924. The number of methoxy groups -OCH3 is 2. The number of rotatable bonds is 9. The number of carbonyl (C=O) groups is 1. The molecule has 0 aliphatic rings. The lowest BCUT2D eigenvalue weighted by Crippen LogP contribution is -2.28. The van der Waals surface area contributed by atoms with Gasteiger partial charge in [0.05, 0.1) is 23.2 Å². The van der Waals surface area contributed by atoms with Crippen molar-refractivity contribution >= 4 is 27.8 Å². The summed E-state index contributed by atoms with van der Waals surface area (Å²) in [5.74, 6) is -0.0576. The third-order valence-electron chi connectivity index (χ3n) is 4.83. The van der Waals surface area contributed by atoms with Gasteiger partial charge in [-0.25, -0.2) is 0 Å². The van der Waals surface area contributed by atoms with Crippen molar-refractivity contribution in [2.24, 2.45) is 0 Å². The molecule has 3 aromatic rings. The maximum Gasteiger partial charge on any atom is 0.268 e. The van der Waals surface area contributed by atoms with Crippen LogP contribution in [0.1, 0.15) is 36.8 Å². The number of hydrogen-bond donors (Lipinski definition) is 1. The molecule has 0 bridgehead atoms. The summed E-state index contributed by atoms with van der Waals surface area (Å²) in [4.78, 5) is 12.9. The average molecular weight is 371 g/mol. The molecule has 0 spiro atoms. The van der Waals surface area contributed by atoms with E-state index in [1.54, 1.807) is 14.2 Å². The van der Waals surface area contributed by atoms with Gasteiger partial charge in [-0.1, -0.05) is 18.2 Å². The summed E-state index contributed by atoms with van der Waals surface area (Å²) >= 11 is 0. The Labute approximate surface area is 160 Å². The van der Waals surface area contributed by atoms with E-state index in [0.29, 0.717) is 38.0 Å². The lowest BCUT2D eigenvalue weighted by Gasteiger charge is -2.11. The number of para-hydroxylation sites is 1. The van der Waals surface area contributed by atoms with Crippen molar-refractivity contribution in [3.8, 4) is 0 Å². The lowest BCUT2D eigenvalue weighted by atomic mass is 10.2. The van der Waals surface area contributed by atoms with Crippen molar-refractivity contribution in [2.75, 3.05) is 34.0 Å². The normalized spacial score (nSPS) is 11.7. The summed E-state index contributed by atoms with van der Waals surface area (Å²) in [5.41, 5.74) is 4.05. The van der Waals surface area contributed by atoms with Crippen molar-refractivity contribution in [1.82, 2.24) is 14.5 Å². The molecule has 0 saturated heterocycles. The number of benzene rings is 1. The van der Waals surface area contributed by atoms with Crippen molar-refractivity contribution in [3.05, 3.63) is 36.0 Å². The van der Waals surface area contributed by atoms with Gasteiger partial charge in [-0.15, -0.1) is 0 Å². The number of hydrogen-bond acceptors (Lipinski definition) is 3. The van der Waals surface area contributed by atoms with Gasteiger partial charge in [0.1, 0.15) is 5.69 Å². The number of carbonyl (C=O) groups excluding carboxylic acids is 1. The Morgan fingerprint density at radius 1 is 1.11 bits per heavy atom. The molecule has 27 heavy (non-hydrogen) atoms. The van der Waals surface area contributed by atoms with E-state index in [1.807, 2.05) is 12.1 Å². The SMILES string of the molecule is COCCCNC(=O)c1cc2c(c3ccccc3n2C(C)C)n1CCOC. The van der Waals surface area contributed by atoms with Crippen molar-refractivity contribution < 1.29 is 14.3 Å². The van der Waals surface area contributed by atoms with Gasteiger partial charge in [0.15, 0.2) is 0 Å². The van der Waals surface area contributed by atoms with E-state index in [4.69, 9.17) is 9.47 Å². The van der Waals surface area contributed by atoms with Crippen LogP contribution in [0.2, 0.25) is 0 Å². The Morgan fingerprint density at radius 3 is 2.56 bits per heavy atom. The Kier molecular flexibility index (Phi) is 6.19. The van der Waals surface area contributed by atoms with E-state index in [9.17, 15) is 4.79 Å². The van der Waals surface area contributed by atoms with Crippen LogP contribution in [0.5, 0.6) is 0 Å². The second-order valence-corrected chi connectivity index (χ2v) is 6.99. The van der Waals surface area contributed by atoms with Gasteiger partial charge in [0, 0.05) is 45.3 Å². The largest absolute Gasteiger partial charge is 0.385 e. The topological polar surface area (TPSA) is 57.4 Å². The zero-order chi connectivity index (χ0) is 19.4. The van der Waals surface area contributed by atoms with Crippen LogP contribution in [-0.4, -0.2) is 49.0 Å². The standard InChI is InChI=1S/C21H29N3O3/c1-15(2)24-17-9-6-5-8-16(17)20-18(24)14-19(23(20)11-13-27-4)21(25)22-10-7-12-26-3/h5-6,8-9,14-15H,7,10-13H2,1-4H3,(H,22,25). The fraction of sp³-hybridized carbons (Fsp3) is 0.476. The molecule has 6 nitrogen and oxygen atoms in total. The van der Waals surface area contributed by atoms with E-state index in [2.05, 4.69) is 46.5 Å². The molecule has 0 aliphatic heterocycles. The predicted octanol–water partition coefficient (Wildman–Crippen LogP) is 3.59. The van der Waals surface area contributed by atoms with Crippen LogP contribution in [0, 0.1) is 0 Å². The van der Waals surface area contributed by atoms with Crippen LogP contribution >= 0.6 is 0 Å². The lowest BCUT2D eigenvalue weighted by molar-refractivity contribution is 0.0937. The highest BCUT2D eigenvalue weighted by molar-refractivity contribution is 6.10. The number of ether oxygens (including phenoxy) is 2. The van der Waals surface area contributed by atoms with E-state index < -0.39 is 0 Å². The fourth-order valence-electron chi connectivity index (χ4n) is 3.68. The maximum atomic E-state index is 12.9. The zero-order valence-corrected chi connectivity index (χ0v) is 16.6. The molecular formula is C21H29N3O3. The van der Waals surface area contributed by atoms with Crippen LogP contribution in [0.25, 0.3) is 21.9 Å². The molecule has 3 rings (SSSR count). The molecule has 1 N–H and O–H groups in total. The van der Waals surface area contributed by atoms with Gasteiger partial charge in [-0.2, -0.15) is 0 Å². The first-order valence-electron chi connectivity index (χ1n) is 9.48. The van der Waals surface area contributed by atoms with Crippen LogP contribution in [0.15, 0.2) is 30.3 Å². The summed E-state index contributed by atoms with van der Waals surface area (Å²) in [6, 6.07) is 10.7. The maximum absolute atomic E-state index is 12.9. The van der Waals surface area contributed by atoms with E-state index in [-0.39, 0.29) is 5.91 Å². The third kappa shape index (κ3) is 3.73. The van der Waals surface area contributed by atoms with Gasteiger partial charge in [0.2, 0.25) is 0 Å². The van der Waals surface area contributed by atoms with Gasteiger partial charge < -0.3 is 23.9 Å². The number of amides is 1. The van der Waals surface area contributed by atoms with Gasteiger partial charge in [0.25, 0.3) is 5.91 Å². The molecule has 0 aliphatic carbocycles. The zero-order valence-electron chi connectivity index (χ0n) is 16.6. The number of aromatic nitrogens is 2. The molecule has 6 heteroatoms. The molecular weight excluding hydrogens is 342 g/mol. The van der Waals surface area contributed by atoms with Crippen LogP contribution < -0.4 is 5.32 Å². The van der Waals surface area contributed by atoms with Crippen molar-refractivity contribution in [3.63, 3.8) is 0 Å². The second-order valence-electron chi connectivity index (χ2n) is 6.99. The van der Waals surface area contributed by atoms with Crippen molar-refractivity contribution in [2.45, 2.75) is 32.9 Å². The Morgan fingerprint density at radius 2 is 1.85 bits per heavy atom. The van der Waals surface area contributed by atoms with Crippen LogP contribution in [0.4, 0.5) is 0 Å². The summed E-state index contributed by atoms with van der Waals surface area (Å²) in [6.07, 6.45) is 0.793. The summed E-state index contributed by atoms with van der Waals surface area (Å²) in [6.45, 7) is 6.75. The number of nitrogens with zero attached hydrogens (tertiary/aromatic N) is 2. The number of nitrogens with one attached hydrogen (secondary N) is 1. The summed E-state index contributed by atoms with van der Waals surface area (Å²) in [7, 11) is 3.35. The van der Waals surface area contributed by atoms with E-state index in [1.165, 1.54) is 5.52 Å². The van der Waals surface area contributed by atoms with Gasteiger partial charge in [-0.3, -0.25) is 4.79 Å². The van der Waals surface area contributed by atoms with Gasteiger partial charge >= 0.3 is 0 Å². The molecule has 146 valence electrons. The number of fused-ring (bicyclic) bond motifs is 3. The van der Waals surface area contributed by atoms with Crippen LogP contribution in [-0.2, 0) is 16.0 Å². The summed E-state index contributed by atoms with van der Waals surface area (Å²) in [5, 5.41) is 4.17. The predicted molar refractivity (Wildman–Crippen MR) is 109 cm³/mol. The molecule has 2 heterocycles. The smallest absolute Gasteiger partial charge is 0.268 e. The highest BCUT2D eigenvalue weighted by atomic mass is 16.5. The highest BCUT2D eigenvalue weighted by Gasteiger charge is 2.22. The first-order valence-corrected chi connectivity index (χ1v) is 9.48. The molecule has 1 aromatic carbocycles. The van der Waals surface area contributed by atoms with Crippen LogP contribution in [0.3, 0.4) is 0 Å². The minimum atomic E-state index is -0.0576. The molecule has 0 saturated carbocycles. The summed E-state index contributed by atoms with van der Waals surface area (Å²) < 4.78 is 14.7.